The first-order valence-electron chi connectivity index (χ1n) is 5.85. The van der Waals surface area contributed by atoms with Crippen LogP contribution in [0.1, 0.15) is 19.3 Å². The van der Waals surface area contributed by atoms with Gasteiger partial charge in [0.1, 0.15) is 0 Å². The molecule has 94 valence electrons. The Hall–Kier alpha value is -0.520. The number of rotatable bonds is 5. The number of nitrogens with one attached hydrogen (secondary N) is 1. The van der Waals surface area contributed by atoms with Gasteiger partial charge in [-0.05, 0) is 36.6 Å². The van der Waals surface area contributed by atoms with Gasteiger partial charge in [-0.15, -0.1) is 23.1 Å². The lowest BCUT2D eigenvalue weighted by Gasteiger charge is -2.10. The van der Waals surface area contributed by atoms with E-state index in [1.807, 2.05) is 17.5 Å². The average molecular weight is 271 g/mol. The third-order valence-corrected chi connectivity index (χ3v) is 5.07. The number of thioether (sulfide) groups is 1. The molecule has 0 bridgehead atoms. The SMILES string of the molecule is O=C(CSc1cccs1)NCC1CCC(O)C1. The standard InChI is InChI=1S/C12H17NO2S2/c14-10-4-3-9(6-10)7-13-11(15)8-17-12-2-1-5-16-12/h1-2,5,9-10,14H,3-4,6-8H2,(H,13,15). The summed E-state index contributed by atoms with van der Waals surface area (Å²) >= 11 is 3.23. The number of aliphatic hydroxyl groups is 1. The Bertz CT molecular complexity index is 353. The van der Waals surface area contributed by atoms with Crippen molar-refractivity contribution in [3.63, 3.8) is 0 Å². The monoisotopic (exact) mass is 271 g/mol. The Morgan fingerprint density at radius 3 is 3.12 bits per heavy atom. The van der Waals surface area contributed by atoms with E-state index in [4.69, 9.17) is 0 Å². The smallest absolute Gasteiger partial charge is 0.230 e. The van der Waals surface area contributed by atoms with Gasteiger partial charge < -0.3 is 10.4 Å². The molecule has 1 fully saturated rings. The van der Waals surface area contributed by atoms with E-state index in [1.54, 1.807) is 23.1 Å². The highest BCUT2D eigenvalue weighted by atomic mass is 32.2. The molecule has 2 atom stereocenters. The van der Waals surface area contributed by atoms with E-state index in [2.05, 4.69) is 5.32 Å². The molecule has 1 aromatic rings. The highest BCUT2D eigenvalue weighted by Crippen LogP contribution is 2.25. The second kappa shape index (κ2) is 6.42. The predicted molar refractivity (Wildman–Crippen MR) is 71.4 cm³/mol. The Labute approximate surface area is 110 Å². The normalized spacial score (nSPS) is 23.8. The Balaban J connectivity index is 1.61. The minimum Gasteiger partial charge on any atom is -0.393 e. The van der Waals surface area contributed by atoms with Crippen molar-refractivity contribution in [2.45, 2.75) is 29.6 Å². The van der Waals surface area contributed by atoms with Gasteiger partial charge in [0.05, 0.1) is 16.1 Å². The summed E-state index contributed by atoms with van der Waals surface area (Å²) in [6, 6.07) is 4.01. The third kappa shape index (κ3) is 4.33. The fraction of sp³-hybridized carbons (Fsp3) is 0.583. The van der Waals surface area contributed by atoms with Crippen molar-refractivity contribution in [1.82, 2.24) is 5.32 Å². The van der Waals surface area contributed by atoms with Gasteiger partial charge in [0.15, 0.2) is 0 Å². The quantitative estimate of drug-likeness (QED) is 0.807. The number of carbonyl (C=O) groups is 1. The van der Waals surface area contributed by atoms with E-state index in [0.29, 0.717) is 18.2 Å². The van der Waals surface area contributed by atoms with E-state index in [9.17, 15) is 9.90 Å². The second-order valence-electron chi connectivity index (χ2n) is 4.36. The molecule has 1 aliphatic rings. The zero-order valence-electron chi connectivity index (χ0n) is 9.59. The molecule has 1 amide bonds. The van der Waals surface area contributed by atoms with Crippen LogP contribution in [0.4, 0.5) is 0 Å². The molecule has 2 unspecified atom stereocenters. The summed E-state index contributed by atoms with van der Waals surface area (Å²) < 4.78 is 1.18. The lowest BCUT2D eigenvalue weighted by Crippen LogP contribution is -2.29. The molecule has 0 aliphatic heterocycles. The van der Waals surface area contributed by atoms with Gasteiger partial charge in [0.2, 0.25) is 5.91 Å². The molecular formula is C12H17NO2S2. The lowest BCUT2D eigenvalue weighted by atomic mass is 10.1. The Morgan fingerprint density at radius 2 is 2.47 bits per heavy atom. The van der Waals surface area contributed by atoms with Crippen molar-refractivity contribution in [1.29, 1.82) is 0 Å². The molecule has 2 rings (SSSR count). The first-order valence-corrected chi connectivity index (χ1v) is 7.71. The number of hydrogen-bond donors (Lipinski definition) is 2. The molecule has 0 spiro atoms. The minimum atomic E-state index is -0.155. The van der Waals surface area contributed by atoms with Crippen molar-refractivity contribution in [2.24, 2.45) is 5.92 Å². The number of carbonyl (C=O) groups excluding carboxylic acids is 1. The summed E-state index contributed by atoms with van der Waals surface area (Å²) in [5.41, 5.74) is 0. The minimum absolute atomic E-state index is 0.0878. The summed E-state index contributed by atoms with van der Waals surface area (Å²) in [4.78, 5) is 11.6. The lowest BCUT2D eigenvalue weighted by molar-refractivity contribution is -0.118. The van der Waals surface area contributed by atoms with Gasteiger partial charge in [0.25, 0.3) is 0 Å². The molecule has 1 aliphatic carbocycles. The highest BCUT2D eigenvalue weighted by Gasteiger charge is 2.22. The molecule has 1 aromatic heterocycles. The molecule has 5 heteroatoms. The maximum absolute atomic E-state index is 11.6. The molecule has 0 aromatic carbocycles. The predicted octanol–water partition coefficient (Wildman–Crippen LogP) is 2.12. The van der Waals surface area contributed by atoms with Crippen molar-refractivity contribution in [2.75, 3.05) is 12.3 Å². The van der Waals surface area contributed by atoms with Gasteiger partial charge in [0, 0.05) is 6.54 Å². The first-order chi connectivity index (χ1) is 8.24. The number of aliphatic hydroxyl groups excluding tert-OH is 1. The summed E-state index contributed by atoms with van der Waals surface area (Å²) in [6.45, 7) is 0.709. The average Bonchev–Trinajstić information content (AvgIpc) is 2.95. The molecule has 1 heterocycles. The highest BCUT2D eigenvalue weighted by molar-refractivity contribution is 8.01. The summed E-state index contributed by atoms with van der Waals surface area (Å²) in [6.07, 6.45) is 2.58. The molecule has 1 saturated carbocycles. The van der Waals surface area contributed by atoms with E-state index in [1.165, 1.54) is 4.21 Å². The van der Waals surface area contributed by atoms with Crippen molar-refractivity contribution >= 4 is 29.0 Å². The third-order valence-electron chi connectivity index (χ3n) is 2.94. The van der Waals surface area contributed by atoms with Gasteiger partial charge in [-0.1, -0.05) is 6.07 Å². The fourth-order valence-corrected chi connectivity index (χ4v) is 3.64. The van der Waals surface area contributed by atoms with Crippen LogP contribution in [-0.2, 0) is 4.79 Å². The van der Waals surface area contributed by atoms with Gasteiger partial charge >= 0.3 is 0 Å². The Kier molecular flexibility index (Phi) is 4.88. The molecule has 17 heavy (non-hydrogen) atoms. The van der Waals surface area contributed by atoms with Gasteiger partial charge in [-0.3, -0.25) is 4.79 Å². The van der Waals surface area contributed by atoms with Crippen molar-refractivity contribution in [3.05, 3.63) is 17.5 Å². The zero-order chi connectivity index (χ0) is 12.1. The van der Waals surface area contributed by atoms with Crippen LogP contribution in [0.2, 0.25) is 0 Å². The van der Waals surface area contributed by atoms with Gasteiger partial charge in [-0.2, -0.15) is 0 Å². The van der Waals surface area contributed by atoms with E-state index >= 15 is 0 Å². The van der Waals surface area contributed by atoms with Crippen LogP contribution in [0.3, 0.4) is 0 Å². The fourth-order valence-electron chi connectivity index (χ4n) is 2.03. The number of amides is 1. The van der Waals surface area contributed by atoms with Crippen LogP contribution >= 0.6 is 23.1 Å². The van der Waals surface area contributed by atoms with E-state index < -0.39 is 0 Å². The van der Waals surface area contributed by atoms with Crippen LogP contribution in [0.25, 0.3) is 0 Å². The van der Waals surface area contributed by atoms with Crippen molar-refractivity contribution < 1.29 is 9.90 Å². The summed E-state index contributed by atoms with van der Waals surface area (Å²) in [5, 5.41) is 14.3. The maximum Gasteiger partial charge on any atom is 0.230 e. The zero-order valence-corrected chi connectivity index (χ0v) is 11.2. The summed E-state index contributed by atoms with van der Waals surface area (Å²) in [7, 11) is 0. The summed E-state index contributed by atoms with van der Waals surface area (Å²) in [5.74, 6) is 1.03. The number of thiophene rings is 1. The van der Waals surface area contributed by atoms with Crippen molar-refractivity contribution in [3.8, 4) is 0 Å². The first kappa shape index (κ1) is 12.9. The Morgan fingerprint density at radius 1 is 1.59 bits per heavy atom. The van der Waals surface area contributed by atoms with E-state index in [0.717, 1.165) is 19.3 Å². The number of hydrogen-bond acceptors (Lipinski definition) is 4. The molecular weight excluding hydrogens is 254 g/mol. The maximum atomic E-state index is 11.6. The van der Waals surface area contributed by atoms with Crippen LogP contribution in [0.5, 0.6) is 0 Å². The van der Waals surface area contributed by atoms with Gasteiger partial charge in [-0.25, -0.2) is 0 Å². The van der Waals surface area contributed by atoms with Crippen LogP contribution in [-0.4, -0.2) is 29.4 Å². The largest absolute Gasteiger partial charge is 0.393 e. The molecule has 0 radical (unpaired) electrons. The van der Waals surface area contributed by atoms with Crippen LogP contribution in [0.15, 0.2) is 21.7 Å². The second-order valence-corrected chi connectivity index (χ2v) is 6.58. The molecule has 0 saturated heterocycles. The topological polar surface area (TPSA) is 49.3 Å². The molecule has 3 nitrogen and oxygen atoms in total. The molecule has 2 N–H and O–H groups in total. The van der Waals surface area contributed by atoms with Crippen LogP contribution < -0.4 is 5.32 Å². The van der Waals surface area contributed by atoms with Crippen LogP contribution in [0, 0.1) is 5.92 Å². The van der Waals surface area contributed by atoms with E-state index in [-0.39, 0.29) is 12.0 Å².